The van der Waals surface area contributed by atoms with Crippen molar-refractivity contribution >= 4 is 0 Å². The van der Waals surface area contributed by atoms with Gasteiger partial charge in [0.1, 0.15) is 18.0 Å². The minimum atomic E-state index is -1.39. The molecule has 1 aromatic carbocycles. The molecule has 1 fully saturated rings. The number of benzene rings is 1. The predicted molar refractivity (Wildman–Crippen MR) is 141 cm³/mol. The molecule has 5 heteroatoms. The molecule has 36 heavy (non-hydrogen) atoms. The third kappa shape index (κ3) is 3.84. The molecule has 2 aromatic heterocycles. The van der Waals surface area contributed by atoms with E-state index in [2.05, 4.69) is 48.9 Å². The molecule has 4 atom stereocenters. The molecule has 0 aliphatic heterocycles. The summed E-state index contributed by atoms with van der Waals surface area (Å²) in [5.74, 6) is 1.06. The number of fused-ring (bicyclic) bond motifs is 3. The highest BCUT2D eigenvalue weighted by Gasteiger charge is 2.63. The van der Waals surface area contributed by atoms with Gasteiger partial charge in [-0.2, -0.15) is 0 Å². The van der Waals surface area contributed by atoms with Gasteiger partial charge in [0, 0.05) is 29.1 Å². The SMILES string of the molecule is CC[C@@]12C[C@@](C)(O)[C@](O)(c3ccccn3)C[C@H]1CC(C)(C)c1cc(OCc3cccnc3C)ccc12. The quantitative estimate of drug-likeness (QED) is 0.481. The smallest absolute Gasteiger partial charge is 0.135 e. The van der Waals surface area contributed by atoms with Crippen LogP contribution in [0.15, 0.2) is 60.9 Å². The van der Waals surface area contributed by atoms with Gasteiger partial charge in [-0.05, 0) is 92.3 Å². The van der Waals surface area contributed by atoms with Gasteiger partial charge in [-0.3, -0.25) is 9.97 Å². The summed E-state index contributed by atoms with van der Waals surface area (Å²) >= 11 is 0. The molecule has 0 amide bonds. The van der Waals surface area contributed by atoms with Gasteiger partial charge >= 0.3 is 0 Å². The summed E-state index contributed by atoms with van der Waals surface area (Å²) in [6.07, 6.45) is 6.27. The van der Waals surface area contributed by atoms with Crippen molar-refractivity contribution in [3.8, 4) is 5.75 Å². The lowest BCUT2D eigenvalue weighted by molar-refractivity contribution is -0.209. The van der Waals surface area contributed by atoms with Gasteiger partial charge in [0.2, 0.25) is 0 Å². The Morgan fingerprint density at radius 3 is 2.42 bits per heavy atom. The first kappa shape index (κ1) is 24.9. The van der Waals surface area contributed by atoms with E-state index in [-0.39, 0.29) is 16.7 Å². The van der Waals surface area contributed by atoms with Crippen molar-refractivity contribution in [1.29, 1.82) is 0 Å². The van der Waals surface area contributed by atoms with Crippen LogP contribution >= 0.6 is 0 Å². The summed E-state index contributed by atoms with van der Waals surface area (Å²) in [7, 11) is 0. The first-order chi connectivity index (χ1) is 17.0. The third-order valence-electron chi connectivity index (χ3n) is 9.12. The van der Waals surface area contributed by atoms with E-state index in [1.54, 1.807) is 19.3 Å². The Labute approximate surface area is 214 Å². The molecule has 0 saturated heterocycles. The van der Waals surface area contributed by atoms with E-state index in [9.17, 15) is 10.2 Å². The zero-order chi connectivity index (χ0) is 25.8. The van der Waals surface area contributed by atoms with Crippen molar-refractivity contribution in [2.75, 3.05) is 0 Å². The van der Waals surface area contributed by atoms with E-state index >= 15 is 0 Å². The van der Waals surface area contributed by atoms with Gasteiger partial charge in [-0.15, -0.1) is 0 Å². The Kier molecular flexibility index (Phi) is 6.00. The molecule has 5 rings (SSSR count). The van der Waals surface area contributed by atoms with E-state index in [1.807, 2.05) is 37.3 Å². The molecule has 3 aromatic rings. The maximum atomic E-state index is 11.9. The van der Waals surface area contributed by atoms with Crippen molar-refractivity contribution < 1.29 is 14.9 Å². The second-order valence-corrected chi connectivity index (χ2v) is 11.8. The van der Waals surface area contributed by atoms with Crippen LogP contribution in [0, 0.1) is 12.8 Å². The topological polar surface area (TPSA) is 75.5 Å². The first-order valence-electron chi connectivity index (χ1n) is 13.1. The summed E-state index contributed by atoms with van der Waals surface area (Å²) in [6.45, 7) is 11.0. The Morgan fingerprint density at radius 2 is 1.72 bits per heavy atom. The van der Waals surface area contributed by atoms with E-state index in [0.29, 0.717) is 25.1 Å². The van der Waals surface area contributed by atoms with Gasteiger partial charge in [0.25, 0.3) is 0 Å². The van der Waals surface area contributed by atoms with Crippen molar-refractivity contribution in [3.05, 3.63) is 89.0 Å². The van der Waals surface area contributed by atoms with Crippen LogP contribution < -0.4 is 4.74 Å². The summed E-state index contributed by atoms with van der Waals surface area (Å²) in [4.78, 5) is 8.84. The number of ether oxygens (including phenoxy) is 1. The lowest BCUT2D eigenvalue weighted by Crippen LogP contribution is -2.63. The van der Waals surface area contributed by atoms with E-state index in [0.717, 1.165) is 29.8 Å². The zero-order valence-corrected chi connectivity index (χ0v) is 22.1. The summed E-state index contributed by atoms with van der Waals surface area (Å²) in [5.41, 5.74) is 2.13. The second-order valence-electron chi connectivity index (χ2n) is 11.8. The average Bonchev–Trinajstić information content (AvgIpc) is 2.85. The maximum absolute atomic E-state index is 11.9. The van der Waals surface area contributed by atoms with E-state index in [1.165, 1.54) is 11.1 Å². The number of aromatic nitrogens is 2. The van der Waals surface area contributed by atoms with Gasteiger partial charge in [-0.25, -0.2) is 0 Å². The Balaban J connectivity index is 1.53. The molecule has 5 nitrogen and oxygen atoms in total. The fourth-order valence-electron chi connectivity index (χ4n) is 7.02. The van der Waals surface area contributed by atoms with Crippen LogP contribution in [0.1, 0.15) is 81.5 Å². The van der Waals surface area contributed by atoms with Crippen molar-refractivity contribution in [2.24, 2.45) is 5.92 Å². The highest BCUT2D eigenvalue weighted by molar-refractivity contribution is 5.48. The Hall–Kier alpha value is -2.76. The normalized spacial score (nSPS) is 30.8. The number of aliphatic hydroxyl groups is 2. The summed E-state index contributed by atoms with van der Waals surface area (Å²) < 4.78 is 6.23. The highest BCUT2D eigenvalue weighted by atomic mass is 16.5. The highest BCUT2D eigenvalue weighted by Crippen LogP contribution is 2.62. The van der Waals surface area contributed by atoms with Gasteiger partial charge in [0.15, 0.2) is 0 Å². The molecule has 1 saturated carbocycles. The largest absolute Gasteiger partial charge is 0.489 e. The summed E-state index contributed by atoms with van der Waals surface area (Å²) in [5, 5.41) is 23.8. The average molecular weight is 487 g/mol. The number of rotatable bonds is 5. The van der Waals surface area contributed by atoms with Gasteiger partial charge in [-0.1, -0.05) is 39.0 Å². The lowest BCUT2D eigenvalue weighted by atomic mass is 9.46. The molecule has 2 heterocycles. The minimum absolute atomic E-state index is 0.101. The number of nitrogens with zero attached hydrogens (tertiary/aromatic N) is 2. The second kappa shape index (κ2) is 8.67. The number of hydrogen-bond donors (Lipinski definition) is 2. The van der Waals surface area contributed by atoms with E-state index in [4.69, 9.17) is 4.74 Å². The van der Waals surface area contributed by atoms with Gasteiger partial charge in [0.05, 0.1) is 11.3 Å². The molecule has 0 bridgehead atoms. The van der Waals surface area contributed by atoms with Crippen LogP contribution in [0.2, 0.25) is 0 Å². The fraction of sp³-hybridized carbons (Fsp3) is 0.484. The zero-order valence-electron chi connectivity index (χ0n) is 22.1. The Bertz CT molecular complexity index is 1260. The molecule has 2 aliphatic rings. The Morgan fingerprint density at radius 1 is 0.944 bits per heavy atom. The molecule has 0 spiro atoms. The van der Waals surface area contributed by atoms with Crippen LogP contribution in [0.25, 0.3) is 0 Å². The number of hydrogen-bond acceptors (Lipinski definition) is 5. The van der Waals surface area contributed by atoms with Crippen LogP contribution in [-0.4, -0.2) is 25.8 Å². The number of aryl methyl sites for hydroxylation is 1. The molecule has 0 radical (unpaired) electrons. The predicted octanol–water partition coefficient (Wildman–Crippen LogP) is 5.74. The van der Waals surface area contributed by atoms with Crippen LogP contribution in [0.5, 0.6) is 5.75 Å². The summed E-state index contributed by atoms with van der Waals surface area (Å²) in [6, 6.07) is 16.0. The maximum Gasteiger partial charge on any atom is 0.135 e. The first-order valence-corrected chi connectivity index (χ1v) is 13.1. The molecule has 0 unspecified atom stereocenters. The van der Waals surface area contributed by atoms with Gasteiger partial charge < -0.3 is 14.9 Å². The monoisotopic (exact) mass is 486 g/mol. The number of pyridine rings is 2. The fourth-order valence-corrected chi connectivity index (χ4v) is 7.02. The molecule has 2 aliphatic carbocycles. The van der Waals surface area contributed by atoms with Crippen LogP contribution in [-0.2, 0) is 23.0 Å². The van der Waals surface area contributed by atoms with Crippen molar-refractivity contribution in [1.82, 2.24) is 9.97 Å². The molecule has 2 N–H and O–H groups in total. The van der Waals surface area contributed by atoms with Crippen molar-refractivity contribution in [3.63, 3.8) is 0 Å². The lowest BCUT2D eigenvalue weighted by Gasteiger charge is -2.60. The standard InChI is InChI=1S/C31H38N2O3/c1-6-30-20-29(5,34)31(35,27-11-7-8-14-33-27)18-23(30)17-28(3,4)26-16-24(12-13-25(26)30)36-19-22-10-9-15-32-21(22)2/h7-16,23,34-35H,6,17-20H2,1-5H3/t23-,29-,30-,31-/m1/s1. The molecular weight excluding hydrogens is 448 g/mol. The molecule has 190 valence electrons. The van der Waals surface area contributed by atoms with E-state index < -0.39 is 11.2 Å². The third-order valence-corrected chi connectivity index (χ3v) is 9.12. The van der Waals surface area contributed by atoms with Crippen molar-refractivity contribution in [2.45, 2.75) is 88.9 Å². The molecular formula is C31H38N2O3. The van der Waals surface area contributed by atoms with Crippen LogP contribution in [0.4, 0.5) is 0 Å². The van der Waals surface area contributed by atoms with Crippen LogP contribution in [0.3, 0.4) is 0 Å². The minimum Gasteiger partial charge on any atom is -0.489 e.